The SMILES string of the molecule is C[C@@H]1N(BN2C=NN(C)[C@H]2C)C=NN1C. The smallest absolute Gasteiger partial charge is 0.361 e. The molecule has 0 N–H and O–H groups in total. The van der Waals surface area contributed by atoms with Gasteiger partial charge >= 0.3 is 7.55 Å². The molecule has 0 spiro atoms. The summed E-state index contributed by atoms with van der Waals surface area (Å²) in [7, 11) is 4.79. The fourth-order valence-corrected chi connectivity index (χ4v) is 1.61. The van der Waals surface area contributed by atoms with Crippen molar-refractivity contribution in [2.45, 2.75) is 26.2 Å². The predicted molar refractivity (Wildman–Crippen MR) is 62.3 cm³/mol. The summed E-state index contributed by atoms with van der Waals surface area (Å²) in [6, 6.07) is 0. The van der Waals surface area contributed by atoms with E-state index < -0.39 is 0 Å². The highest BCUT2D eigenvalue weighted by molar-refractivity contribution is 6.36. The van der Waals surface area contributed by atoms with E-state index >= 15 is 0 Å². The number of hydrogen-bond acceptors (Lipinski definition) is 6. The fourth-order valence-electron chi connectivity index (χ4n) is 1.61. The Hall–Kier alpha value is -1.40. The summed E-state index contributed by atoms with van der Waals surface area (Å²) in [4.78, 5) is 4.36. The second-order valence-electron chi connectivity index (χ2n) is 4.04. The van der Waals surface area contributed by atoms with Gasteiger partial charge in [0.25, 0.3) is 0 Å². The first-order valence-electron chi connectivity index (χ1n) is 5.15. The lowest BCUT2D eigenvalue weighted by Crippen LogP contribution is -2.48. The van der Waals surface area contributed by atoms with E-state index in [-0.39, 0.29) is 0 Å². The molecule has 0 aliphatic carbocycles. The molecule has 0 unspecified atom stereocenters. The van der Waals surface area contributed by atoms with Crippen LogP contribution in [0.5, 0.6) is 0 Å². The first-order chi connectivity index (χ1) is 7.09. The molecular weight excluding hydrogens is 191 g/mol. The van der Waals surface area contributed by atoms with E-state index in [0.29, 0.717) is 12.3 Å². The average Bonchev–Trinajstić information content (AvgIpc) is 2.68. The Morgan fingerprint density at radius 3 is 1.60 bits per heavy atom. The maximum atomic E-state index is 4.23. The molecule has 2 atom stereocenters. The van der Waals surface area contributed by atoms with Gasteiger partial charge < -0.3 is 9.62 Å². The molecule has 2 aliphatic rings. The number of nitrogens with zero attached hydrogens (tertiary/aromatic N) is 6. The van der Waals surface area contributed by atoms with Gasteiger partial charge in [-0.15, -0.1) is 0 Å². The van der Waals surface area contributed by atoms with Crippen molar-refractivity contribution in [2.75, 3.05) is 14.1 Å². The van der Waals surface area contributed by atoms with Gasteiger partial charge in [0, 0.05) is 14.1 Å². The van der Waals surface area contributed by atoms with Crippen molar-refractivity contribution < 1.29 is 0 Å². The van der Waals surface area contributed by atoms with Gasteiger partial charge in [-0.1, -0.05) is 0 Å². The zero-order valence-corrected chi connectivity index (χ0v) is 9.70. The van der Waals surface area contributed by atoms with Crippen LogP contribution in [0.4, 0.5) is 0 Å². The molecule has 0 bridgehead atoms. The Bertz CT molecular complexity index is 265. The van der Waals surface area contributed by atoms with Crippen LogP contribution in [0.3, 0.4) is 0 Å². The Labute approximate surface area is 91.1 Å². The van der Waals surface area contributed by atoms with Gasteiger partial charge in [-0.05, 0) is 13.8 Å². The van der Waals surface area contributed by atoms with Crippen LogP contribution < -0.4 is 0 Å². The summed E-state index contributed by atoms with van der Waals surface area (Å²) in [6.45, 7) is 4.27. The van der Waals surface area contributed by atoms with Crippen molar-refractivity contribution in [3.63, 3.8) is 0 Å². The summed E-state index contributed by atoms with van der Waals surface area (Å²) in [5.41, 5.74) is 0. The molecule has 82 valence electrons. The number of hydrogen-bond donors (Lipinski definition) is 0. The minimum atomic E-state index is 0.316. The summed E-state index contributed by atoms with van der Waals surface area (Å²) in [5, 5.41) is 12.4. The molecule has 0 saturated carbocycles. The molecule has 2 aliphatic heterocycles. The van der Waals surface area contributed by atoms with Crippen molar-refractivity contribution in [3.05, 3.63) is 0 Å². The average molecular weight is 208 g/mol. The lowest BCUT2D eigenvalue weighted by molar-refractivity contribution is 0.207. The van der Waals surface area contributed by atoms with E-state index in [1.807, 2.05) is 36.8 Å². The number of rotatable bonds is 2. The Morgan fingerprint density at radius 2 is 1.33 bits per heavy atom. The second-order valence-corrected chi connectivity index (χ2v) is 4.04. The first kappa shape index (κ1) is 10.1. The van der Waals surface area contributed by atoms with Gasteiger partial charge in [0.1, 0.15) is 25.0 Å². The van der Waals surface area contributed by atoms with E-state index in [0.717, 1.165) is 7.55 Å². The van der Waals surface area contributed by atoms with Crippen LogP contribution in [0.25, 0.3) is 0 Å². The second kappa shape index (κ2) is 3.64. The van der Waals surface area contributed by atoms with Crippen LogP contribution in [0.1, 0.15) is 13.8 Å². The quantitative estimate of drug-likeness (QED) is 0.564. The van der Waals surface area contributed by atoms with E-state index in [9.17, 15) is 0 Å². The van der Waals surface area contributed by atoms with E-state index in [2.05, 4.69) is 33.7 Å². The molecule has 0 saturated heterocycles. The summed E-state index contributed by atoms with van der Waals surface area (Å²) >= 11 is 0. The third-order valence-corrected chi connectivity index (χ3v) is 3.13. The van der Waals surface area contributed by atoms with Crippen molar-refractivity contribution in [1.82, 2.24) is 19.6 Å². The lowest BCUT2D eigenvalue weighted by atomic mass is 10.0. The maximum absolute atomic E-state index is 4.23. The molecule has 0 amide bonds. The summed E-state index contributed by atoms with van der Waals surface area (Å²) in [5.74, 6) is 0. The Morgan fingerprint density at radius 1 is 0.933 bits per heavy atom. The molecule has 0 radical (unpaired) electrons. The molecule has 6 nitrogen and oxygen atoms in total. The molecular formula is C8H17BN6. The normalized spacial score (nSPS) is 29.6. The standard InChI is InChI=1S/C8H17BN6/c1-7-12(3)10-5-14(7)9-15-6-11-13(4)8(15)2/h5-9H,1-4H3/t7-,8+. The van der Waals surface area contributed by atoms with Gasteiger partial charge in [0.05, 0.1) is 0 Å². The molecule has 0 aromatic carbocycles. The highest BCUT2D eigenvalue weighted by atomic mass is 15.6. The van der Waals surface area contributed by atoms with Gasteiger partial charge in [0.2, 0.25) is 0 Å². The monoisotopic (exact) mass is 208 g/mol. The first-order valence-corrected chi connectivity index (χ1v) is 5.15. The lowest BCUT2D eigenvalue weighted by Gasteiger charge is -2.30. The highest BCUT2D eigenvalue weighted by Crippen LogP contribution is 2.12. The highest BCUT2D eigenvalue weighted by Gasteiger charge is 2.28. The largest absolute Gasteiger partial charge is 0.368 e. The van der Waals surface area contributed by atoms with Crippen LogP contribution in [-0.2, 0) is 0 Å². The van der Waals surface area contributed by atoms with E-state index in [1.54, 1.807) is 0 Å². The fraction of sp³-hybridized carbons (Fsp3) is 0.750. The summed E-state index contributed by atoms with van der Waals surface area (Å²) < 4.78 is 0. The molecule has 7 heteroatoms. The zero-order valence-electron chi connectivity index (χ0n) is 9.70. The van der Waals surface area contributed by atoms with Crippen molar-refractivity contribution >= 4 is 20.2 Å². The number of hydrazone groups is 2. The van der Waals surface area contributed by atoms with Crippen molar-refractivity contribution in [3.8, 4) is 0 Å². The van der Waals surface area contributed by atoms with E-state index in [1.165, 1.54) is 0 Å². The van der Waals surface area contributed by atoms with E-state index in [4.69, 9.17) is 0 Å². The van der Waals surface area contributed by atoms with Crippen LogP contribution in [-0.4, -0.2) is 66.3 Å². The zero-order chi connectivity index (χ0) is 11.0. The topological polar surface area (TPSA) is 37.7 Å². The molecule has 2 rings (SSSR count). The Kier molecular flexibility index (Phi) is 2.46. The molecule has 0 fully saturated rings. The van der Waals surface area contributed by atoms with Gasteiger partial charge in [-0.3, -0.25) is 10.0 Å². The van der Waals surface area contributed by atoms with Gasteiger partial charge in [-0.25, -0.2) is 0 Å². The van der Waals surface area contributed by atoms with Gasteiger partial charge in [-0.2, -0.15) is 10.2 Å². The van der Waals surface area contributed by atoms with Crippen LogP contribution in [0, 0.1) is 0 Å². The van der Waals surface area contributed by atoms with Crippen LogP contribution >= 0.6 is 0 Å². The minimum absolute atomic E-state index is 0.316. The predicted octanol–water partition coefficient (Wildman–Crippen LogP) is -0.674. The van der Waals surface area contributed by atoms with Crippen molar-refractivity contribution in [1.29, 1.82) is 0 Å². The third kappa shape index (κ3) is 1.73. The van der Waals surface area contributed by atoms with Crippen LogP contribution in [0.2, 0.25) is 0 Å². The molecule has 15 heavy (non-hydrogen) atoms. The summed E-state index contributed by atoms with van der Waals surface area (Å²) in [6.07, 6.45) is 4.39. The maximum Gasteiger partial charge on any atom is 0.361 e. The third-order valence-electron chi connectivity index (χ3n) is 3.13. The molecule has 0 aromatic rings. The molecule has 2 heterocycles. The van der Waals surface area contributed by atoms with Crippen LogP contribution in [0.15, 0.2) is 10.2 Å². The van der Waals surface area contributed by atoms with Gasteiger partial charge in [0.15, 0.2) is 0 Å². The Balaban J connectivity index is 1.93. The molecule has 0 aromatic heterocycles. The van der Waals surface area contributed by atoms with Crippen molar-refractivity contribution in [2.24, 2.45) is 10.2 Å². The minimum Gasteiger partial charge on any atom is -0.368 e.